The molecule has 33 heavy (non-hydrogen) atoms. The lowest BCUT2D eigenvalue weighted by molar-refractivity contribution is 0.102. The van der Waals surface area contributed by atoms with Crippen LogP contribution in [0.15, 0.2) is 57.4 Å². The molecule has 170 valence electrons. The topological polar surface area (TPSA) is 73.6 Å². The minimum atomic E-state index is -0.314. The fourth-order valence-electron chi connectivity index (χ4n) is 3.72. The maximum Gasteiger partial charge on any atom is 0.259 e. The lowest BCUT2D eigenvalue weighted by Crippen LogP contribution is -2.14. The summed E-state index contributed by atoms with van der Waals surface area (Å²) >= 11 is 3.45. The molecule has 6 nitrogen and oxygen atoms in total. The number of hydrogen-bond acceptors (Lipinski definition) is 5. The Balaban J connectivity index is 1.71. The predicted octanol–water partition coefficient (Wildman–Crippen LogP) is 6.96. The summed E-state index contributed by atoms with van der Waals surface area (Å²) in [6.07, 6.45) is 0. The van der Waals surface area contributed by atoms with Gasteiger partial charge in [0, 0.05) is 10.0 Å². The first-order valence-corrected chi connectivity index (χ1v) is 11.3. The number of benzene rings is 3. The zero-order valence-electron chi connectivity index (χ0n) is 19.2. The number of methoxy groups -OCH3 is 2. The van der Waals surface area contributed by atoms with Crippen molar-refractivity contribution in [2.24, 2.45) is 0 Å². The standard InChI is InChI=1S/C26H25BrN2O4/c1-14(2)16-6-9-23-21(11-16)29-26(33-23)17-7-8-22(31-4)20(12-17)28-25(30)19-13-18(27)10-15(3)24(19)32-5/h6-14H,1-5H3,(H,28,30). The van der Waals surface area contributed by atoms with Crippen LogP contribution in [0.5, 0.6) is 11.5 Å². The van der Waals surface area contributed by atoms with Crippen molar-refractivity contribution in [2.45, 2.75) is 26.7 Å². The third-order valence-corrected chi connectivity index (χ3v) is 5.92. The van der Waals surface area contributed by atoms with Crippen molar-refractivity contribution in [3.8, 4) is 23.0 Å². The van der Waals surface area contributed by atoms with Crippen molar-refractivity contribution in [3.05, 3.63) is 69.7 Å². The highest BCUT2D eigenvalue weighted by Crippen LogP contribution is 2.34. The van der Waals surface area contributed by atoms with Crippen LogP contribution in [0.3, 0.4) is 0 Å². The van der Waals surface area contributed by atoms with E-state index in [1.807, 2.05) is 31.2 Å². The molecule has 3 aromatic carbocycles. The third-order valence-electron chi connectivity index (χ3n) is 5.46. The zero-order chi connectivity index (χ0) is 23.7. The second-order valence-electron chi connectivity index (χ2n) is 8.07. The Morgan fingerprint density at radius 2 is 1.85 bits per heavy atom. The molecule has 1 aromatic heterocycles. The number of aryl methyl sites for hydroxylation is 1. The molecule has 0 radical (unpaired) electrons. The summed E-state index contributed by atoms with van der Waals surface area (Å²) in [6.45, 7) is 6.17. The highest BCUT2D eigenvalue weighted by atomic mass is 79.9. The molecule has 0 aliphatic rings. The number of fused-ring (bicyclic) bond motifs is 1. The van der Waals surface area contributed by atoms with Crippen molar-refractivity contribution in [2.75, 3.05) is 19.5 Å². The van der Waals surface area contributed by atoms with Crippen LogP contribution in [0.25, 0.3) is 22.6 Å². The molecule has 1 N–H and O–H groups in total. The Bertz CT molecular complexity index is 1340. The van der Waals surface area contributed by atoms with Gasteiger partial charge in [0.2, 0.25) is 5.89 Å². The normalized spacial score (nSPS) is 11.1. The predicted molar refractivity (Wildman–Crippen MR) is 133 cm³/mol. The Labute approximate surface area is 201 Å². The van der Waals surface area contributed by atoms with Crippen molar-refractivity contribution < 1.29 is 18.7 Å². The Morgan fingerprint density at radius 3 is 2.55 bits per heavy atom. The van der Waals surface area contributed by atoms with Gasteiger partial charge in [0.25, 0.3) is 5.91 Å². The van der Waals surface area contributed by atoms with Crippen molar-refractivity contribution in [3.63, 3.8) is 0 Å². The van der Waals surface area contributed by atoms with E-state index in [0.717, 1.165) is 21.1 Å². The summed E-state index contributed by atoms with van der Waals surface area (Å²) in [7, 11) is 3.10. The van der Waals surface area contributed by atoms with Gasteiger partial charge in [0.05, 0.1) is 25.5 Å². The number of rotatable bonds is 6. The average molecular weight is 509 g/mol. The van der Waals surface area contributed by atoms with Crippen molar-refractivity contribution in [1.29, 1.82) is 0 Å². The van der Waals surface area contributed by atoms with E-state index in [4.69, 9.17) is 13.9 Å². The van der Waals surface area contributed by atoms with E-state index < -0.39 is 0 Å². The quantitative estimate of drug-likeness (QED) is 0.304. The molecule has 0 aliphatic carbocycles. The van der Waals surface area contributed by atoms with Gasteiger partial charge in [0.15, 0.2) is 5.58 Å². The summed E-state index contributed by atoms with van der Waals surface area (Å²) in [6, 6.07) is 15.1. The Morgan fingerprint density at radius 1 is 1.06 bits per heavy atom. The SMILES string of the molecule is COc1ccc(-c2nc3cc(C(C)C)ccc3o2)cc1NC(=O)c1cc(Br)cc(C)c1OC. The second-order valence-corrected chi connectivity index (χ2v) is 8.99. The smallest absolute Gasteiger partial charge is 0.259 e. The number of anilines is 1. The molecule has 4 rings (SSSR count). The van der Waals surface area contributed by atoms with Crippen LogP contribution in [0, 0.1) is 6.92 Å². The van der Waals surface area contributed by atoms with Crippen LogP contribution in [-0.2, 0) is 0 Å². The molecule has 1 amide bonds. The molecule has 0 bridgehead atoms. The molecule has 0 fully saturated rings. The third kappa shape index (κ3) is 4.59. The minimum Gasteiger partial charge on any atom is -0.496 e. The number of nitrogens with zero attached hydrogens (tertiary/aromatic N) is 1. The molecular formula is C26H25BrN2O4. The Kier molecular flexibility index (Phi) is 6.42. The summed E-state index contributed by atoms with van der Waals surface area (Å²) in [4.78, 5) is 17.8. The molecule has 0 aliphatic heterocycles. The molecule has 0 saturated heterocycles. The van der Waals surface area contributed by atoms with Crippen LogP contribution in [0.4, 0.5) is 5.69 Å². The minimum absolute atomic E-state index is 0.314. The molecular weight excluding hydrogens is 484 g/mol. The zero-order valence-corrected chi connectivity index (χ0v) is 20.7. The first-order valence-electron chi connectivity index (χ1n) is 10.5. The van der Waals surface area contributed by atoms with E-state index >= 15 is 0 Å². The van der Waals surface area contributed by atoms with Gasteiger partial charge in [-0.2, -0.15) is 0 Å². The molecule has 0 unspecified atom stereocenters. The summed E-state index contributed by atoms with van der Waals surface area (Å²) in [5.74, 6) is 1.60. The van der Waals surface area contributed by atoms with Gasteiger partial charge in [-0.25, -0.2) is 4.98 Å². The van der Waals surface area contributed by atoms with Gasteiger partial charge in [-0.05, 0) is 66.4 Å². The van der Waals surface area contributed by atoms with Crippen LogP contribution in [-0.4, -0.2) is 25.1 Å². The summed E-state index contributed by atoms with van der Waals surface area (Å²) in [5.41, 5.74) is 5.21. The van der Waals surface area contributed by atoms with Gasteiger partial charge in [0.1, 0.15) is 17.0 Å². The van der Waals surface area contributed by atoms with Crippen molar-refractivity contribution >= 4 is 38.6 Å². The van der Waals surface area contributed by atoms with Crippen LogP contribution >= 0.6 is 15.9 Å². The van der Waals surface area contributed by atoms with Crippen LogP contribution in [0.2, 0.25) is 0 Å². The molecule has 4 aromatic rings. The van der Waals surface area contributed by atoms with Gasteiger partial charge in [-0.3, -0.25) is 4.79 Å². The number of hydrogen-bond donors (Lipinski definition) is 1. The average Bonchev–Trinajstić information content (AvgIpc) is 3.22. The number of oxazole rings is 1. The van der Waals surface area contributed by atoms with E-state index in [0.29, 0.717) is 40.1 Å². The number of nitrogens with one attached hydrogen (secondary N) is 1. The van der Waals surface area contributed by atoms with E-state index in [-0.39, 0.29) is 5.91 Å². The largest absolute Gasteiger partial charge is 0.496 e. The second kappa shape index (κ2) is 9.27. The number of ether oxygens (including phenoxy) is 2. The van der Waals surface area contributed by atoms with E-state index in [1.165, 1.54) is 5.56 Å². The first kappa shape index (κ1) is 22.9. The fraction of sp³-hybridized carbons (Fsp3) is 0.231. The highest BCUT2D eigenvalue weighted by molar-refractivity contribution is 9.10. The highest BCUT2D eigenvalue weighted by Gasteiger charge is 2.19. The van der Waals surface area contributed by atoms with E-state index in [9.17, 15) is 4.79 Å². The van der Waals surface area contributed by atoms with E-state index in [1.54, 1.807) is 32.4 Å². The van der Waals surface area contributed by atoms with Gasteiger partial charge >= 0.3 is 0 Å². The number of aromatic nitrogens is 1. The molecule has 7 heteroatoms. The molecule has 1 heterocycles. The number of carbonyl (C=O) groups is 1. The summed E-state index contributed by atoms with van der Waals surface area (Å²) < 4.78 is 17.7. The fourth-order valence-corrected chi connectivity index (χ4v) is 4.30. The van der Waals surface area contributed by atoms with Gasteiger partial charge in [-0.1, -0.05) is 35.8 Å². The number of carbonyl (C=O) groups excluding carboxylic acids is 1. The Hall–Kier alpha value is -3.32. The lowest BCUT2D eigenvalue weighted by atomic mass is 10.0. The monoisotopic (exact) mass is 508 g/mol. The maximum atomic E-state index is 13.1. The van der Waals surface area contributed by atoms with Gasteiger partial charge in [-0.15, -0.1) is 0 Å². The number of amides is 1. The van der Waals surface area contributed by atoms with Crippen LogP contribution in [0.1, 0.15) is 41.3 Å². The molecule has 0 atom stereocenters. The number of halogens is 1. The molecule has 0 saturated carbocycles. The lowest BCUT2D eigenvalue weighted by Gasteiger charge is -2.14. The first-order chi connectivity index (χ1) is 15.8. The van der Waals surface area contributed by atoms with Crippen LogP contribution < -0.4 is 14.8 Å². The maximum absolute atomic E-state index is 13.1. The van der Waals surface area contributed by atoms with Crippen molar-refractivity contribution in [1.82, 2.24) is 4.98 Å². The summed E-state index contributed by atoms with van der Waals surface area (Å²) in [5, 5.41) is 2.94. The van der Waals surface area contributed by atoms with Gasteiger partial charge < -0.3 is 19.2 Å². The molecule has 0 spiro atoms. The van der Waals surface area contributed by atoms with E-state index in [2.05, 4.69) is 46.1 Å².